The lowest BCUT2D eigenvalue weighted by atomic mass is 9.82. The molecule has 0 aliphatic heterocycles. The summed E-state index contributed by atoms with van der Waals surface area (Å²) in [5.41, 5.74) is 0.204. The van der Waals surface area contributed by atoms with Crippen molar-refractivity contribution in [2.75, 3.05) is 12.4 Å². The van der Waals surface area contributed by atoms with Gasteiger partial charge in [0, 0.05) is 5.92 Å². The van der Waals surface area contributed by atoms with Crippen LogP contribution in [0.2, 0.25) is 0 Å². The Balaban J connectivity index is 2.73. The number of hydrogen-bond donors (Lipinski definition) is 1. The molecular formula is C13H18Br2OS. The van der Waals surface area contributed by atoms with E-state index >= 15 is 0 Å². The Morgan fingerprint density at radius 2 is 1.76 bits per heavy atom. The molecule has 1 nitrogen and oxygen atoms in total. The van der Waals surface area contributed by atoms with Gasteiger partial charge in [-0.3, -0.25) is 0 Å². The lowest BCUT2D eigenvalue weighted by Crippen LogP contribution is -2.28. The molecule has 0 bridgehead atoms. The molecule has 4 heteroatoms. The van der Waals surface area contributed by atoms with Crippen LogP contribution in [0, 0.1) is 11.3 Å². The Hall–Kier alpha value is 0.330. The van der Waals surface area contributed by atoms with E-state index < -0.39 is 0 Å². The summed E-state index contributed by atoms with van der Waals surface area (Å²) in [6, 6.07) is 5.93. The third-order valence-corrected chi connectivity index (χ3v) is 4.48. The van der Waals surface area contributed by atoms with E-state index in [1.165, 1.54) is 0 Å². The zero-order valence-corrected chi connectivity index (χ0v) is 14.4. The van der Waals surface area contributed by atoms with Crippen molar-refractivity contribution in [3.8, 4) is 5.75 Å². The van der Waals surface area contributed by atoms with Crippen LogP contribution in [-0.4, -0.2) is 12.4 Å². The number of para-hydroxylation sites is 1. The van der Waals surface area contributed by atoms with Crippen LogP contribution in [0.3, 0.4) is 0 Å². The Labute approximate surface area is 126 Å². The SMILES string of the molecule is CC(C)(C)C(CS)COc1c(Br)cccc1Br. The molecule has 0 saturated heterocycles. The van der Waals surface area contributed by atoms with Gasteiger partial charge in [0.15, 0.2) is 0 Å². The minimum absolute atomic E-state index is 0.204. The summed E-state index contributed by atoms with van der Waals surface area (Å²) in [5.74, 6) is 2.11. The van der Waals surface area contributed by atoms with Crippen LogP contribution < -0.4 is 4.74 Å². The first kappa shape index (κ1) is 15.4. The Morgan fingerprint density at radius 3 is 2.18 bits per heavy atom. The summed E-state index contributed by atoms with van der Waals surface area (Å²) >= 11 is 11.4. The van der Waals surface area contributed by atoms with Crippen molar-refractivity contribution in [2.24, 2.45) is 11.3 Å². The summed E-state index contributed by atoms with van der Waals surface area (Å²) < 4.78 is 7.85. The number of rotatable bonds is 4. The van der Waals surface area contributed by atoms with Gasteiger partial charge in [-0.15, -0.1) is 0 Å². The summed E-state index contributed by atoms with van der Waals surface area (Å²) in [6.45, 7) is 7.32. The Bertz CT molecular complexity index is 354. The zero-order chi connectivity index (χ0) is 13.1. The highest BCUT2D eigenvalue weighted by atomic mass is 79.9. The molecule has 96 valence electrons. The maximum absolute atomic E-state index is 5.90. The summed E-state index contributed by atoms with van der Waals surface area (Å²) in [6.07, 6.45) is 0. The number of hydrogen-bond acceptors (Lipinski definition) is 2. The van der Waals surface area contributed by atoms with Crippen LogP contribution in [0.4, 0.5) is 0 Å². The molecular weight excluding hydrogens is 364 g/mol. The molecule has 1 aromatic carbocycles. The average molecular weight is 382 g/mol. The molecule has 1 unspecified atom stereocenters. The van der Waals surface area contributed by atoms with Crippen LogP contribution in [-0.2, 0) is 0 Å². The van der Waals surface area contributed by atoms with E-state index in [1.807, 2.05) is 18.2 Å². The largest absolute Gasteiger partial charge is 0.491 e. The smallest absolute Gasteiger partial charge is 0.147 e. The van der Waals surface area contributed by atoms with E-state index in [9.17, 15) is 0 Å². The van der Waals surface area contributed by atoms with Gasteiger partial charge in [0.05, 0.1) is 15.6 Å². The zero-order valence-electron chi connectivity index (χ0n) is 10.3. The van der Waals surface area contributed by atoms with Gasteiger partial charge < -0.3 is 4.74 Å². The first-order chi connectivity index (χ1) is 7.86. The maximum atomic E-state index is 5.90. The number of thiol groups is 1. The van der Waals surface area contributed by atoms with Crippen molar-refractivity contribution < 1.29 is 4.74 Å². The second-order valence-corrected chi connectivity index (χ2v) is 7.18. The van der Waals surface area contributed by atoms with Crippen LogP contribution in [0.5, 0.6) is 5.75 Å². The van der Waals surface area contributed by atoms with Crippen molar-refractivity contribution in [3.63, 3.8) is 0 Å². The molecule has 17 heavy (non-hydrogen) atoms. The number of halogens is 2. The normalized spacial score (nSPS) is 13.5. The molecule has 0 spiro atoms. The van der Waals surface area contributed by atoms with Crippen molar-refractivity contribution in [1.82, 2.24) is 0 Å². The van der Waals surface area contributed by atoms with E-state index in [0.29, 0.717) is 12.5 Å². The van der Waals surface area contributed by atoms with E-state index in [1.54, 1.807) is 0 Å². The fraction of sp³-hybridized carbons (Fsp3) is 0.538. The van der Waals surface area contributed by atoms with Gasteiger partial charge in [0.2, 0.25) is 0 Å². The highest BCUT2D eigenvalue weighted by Gasteiger charge is 2.24. The van der Waals surface area contributed by atoms with E-state index in [4.69, 9.17) is 4.74 Å². The van der Waals surface area contributed by atoms with Gasteiger partial charge in [-0.1, -0.05) is 26.8 Å². The Morgan fingerprint density at radius 1 is 1.24 bits per heavy atom. The van der Waals surface area contributed by atoms with Crippen LogP contribution in [0.25, 0.3) is 0 Å². The monoisotopic (exact) mass is 380 g/mol. The molecule has 0 aliphatic carbocycles. The standard InChI is InChI=1S/C13H18Br2OS/c1-13(2,3)9(8-17)7-16-12-10(14)5-4-6-11(12)15/h4-6,9,17H,7-8H2,1-3H3. The molecule has 0 amide bonds. The second kappa shape index (κ2) is 6.48. The van der Waals surface area contributed by atoms with E-state index in [-0.39, 0.29) is 5.41 Å². The third kappa shape index (κ3) is 4.49. The van der Waals surface area contributed by atoms with Crippen molar-refractivity contribution in [3.05, 3.63) is 27.1 Å². The minimum Gasteiger partial charge on any atom is -0.491 e. The van der Waals surface area contributed by atoms with Gasteiger partial charge in [-0.05, 0) is 55.2 Å². The van der Waals surface area contributed by atoms with Crippen molar-refractivity contribution in [1.29, 1.82) is 0 Å². The first-order valence-corrected chi connectivity index (χ1v) is 7.75. The lowest BCUT2D eigenvalue weighted by molar-refractivity contribution is 0.164. The topological polar surface area (TPSA) is 9.23 Å². The molecule has 0 radical (unpaired) electrons. The highest BCUT2D eigenvalue weighted by Crippen LogP contribution is 2.35. The minimum atomic E-state index is 0.204. The van der Waals surface area contributed by atoms with Crippen molar-refractivity contribution in [2.45, 2.75) is 20.8 Å². The molecule has 0 aliphatic rings. The Kier molecular flexibility index (Phi) is 5.87. The van der Waals surface area contributed by atoms with Gasteiger partial charge in [-0.2, -0.15) is 12.6 Å². The number of benzene rings is 1. The van der Waals surface area contributed by atoms with Gasteiger partial charge in [-0.25, -0.2) is 0 Å². The summed E-state index contributed by atoms with van der Waals surface area (Å²) in [5, 5.41) is 0. The quantitative estimate of drug-likeness (QED) is 0.706. The second-order valence-electron chi connectivity index (χ2n) is 5.11. The molecule has 0 heterocycles. The molecule has 0 aromatic heterocycles. The van der Waals surface area contributed by atoms with Crippen LogP contribution >= 0.6 is 44.5 Å². The number of ether oxygens (including phenoxy) is 1. The predicted octanol–water partition coefficient (Wildman–Crippen LogP) is 5.18. The van der Waals surface area contributed by atoms with Crippen LogP contribution in [0.15, 0.2) is 27.1 Å². The predicted molar refractivity (Wildman–Crippen MR) is 84.1 cm³/mol. The van der Waals surface area contributed by atoms with E-state index in [2.05, 4.69) is 65.3 Å². The molecule has 1 aromatic rings. The lowest BCUT2D eigenvalue weighted by Gasteiger charge is -2.29. The molecule has 0 N–H and O–H groups in total. The van der Waals surface area contributed by atoms with Crippen molar-refractivity contribution >= 4 is 44.5 Å². The van der Waals surface area contributed by atoms with E-state index in [0.717, 1.165) is 20.4 Å². The molecule has 1 atom stereocenters. The van der Waals surface area contributed by atoms with Gasteiger partial charge >= 0.3 is 0 Å². The van der Waals surface area contributed by atoms with Gasteiger partial charge in [0.25, 0.3) is 0 Å². The van der Waals surface area contributed by atoms with Gasteiger partial charge in [0.1, 0.15) is 5.75 Å². The summed E-state index contributed by atoms with van der Waals surface area (Å²) in [4.78, 5) is 0. The summed E-state index contributed by atoms with van der Waals surface area (Å²) in [7, 11) is 0. The fourth-order valence-electron chi connectivity index (χ4n) is 1.38. The fourth-order valence-corrected chi connectivity index (χ4v) is 3.26. The highest BCUT2D eigenvalue weighted by molar-refractivity contribution is 9.11. The molecule has 0 fully saturated rings. The third-order valence-electron chi connectivity index (χ3n) is 2.79. The first-order valence-electron chi connectivity index (χ1n) is 5.54. The maximum Gasteiger partial charge on any atom is 0.147 e. The average Bonchev–Trinajstić information content (AvgIpc) is 2.20. The van der Waals surface area contributed by atoms with Crippen LogP contribution in [0.1, 0.15) is 20.8 Å². The molecule has 0 saturated carbocycles. The molecule has 1 rings (SSSR count).